The lowest BCUT2D eigenvalue weighted by molar-refractivity contribution is 0.198. The van der Waals surface area contributed by atoms with Gasteiger partial charge in [0, 0.05) is 7.11 Å². The molecule has 0 heterocycles. The van der Waals surface area contributed by atoms with Gasteiger partial charge in [-0.2, -0.15) is 0 Å². The van der Waals surface area contributed by atoms with Crippen molar-refractivity contribution in [3.8, 4) is 0 Å². The quantitative estimate of drug-likeness (QED) is 0.145. The first-order chi connectivity index (χ1) is 12.6. The summed E-state index contributed by atoms with van der Waals surface area (Å²) in [6.45, 7) is 2.35. The average Bonchev–Trinajstić information content (AvgIpc) is 2.63. The molecule has 3 nitrogen and oxygen atoms in total. The molecule has 5 heteroatoms. The Morgan fingerprint density at radius 1 is 0.769 bits per heavy atom. The normalized spacial score (nSPS) is 15.0. The van der Waals surface area contributed by atoms with E-state index in [2.05, 4.69) is 64.6 Å². The highest BCUT2D eigenvalue weighted by atomic mass is 31.2. The van der Waals surface area contributed by atoms with E-state index >= 15 is 0 Å². The molecule has 0 spiro atoms. The summed E-state index contributed by atoms with van der Waals surface area (Å²) in [6.07, 6.45) is 27.9. The molecule has 0 rings (SSSR count). The third kappa shape index (κ3) is 19.4. The maximum atomic E-state index is 12.8. The minimum Gasteiger partial charge on any atom is -0.287 e. The lowest BCUT2D eigenvalue weighted by atomic mass is 10.2. The van der Waals surface area contributed by atoms with E-state index < -0.39 is 7.91 Å². The summed E-state index contributed by atoms with van der Waals surface area (Å²) in [6, 6.07) is 0. The molecule has 0 aliphatic heterocycles. The molecule has 150 valence electrons. The van der Waals surface area contributed by atoms with E-state index in [0.717, 1.165) is 39.2 Å². The van der Waals surface area contributed by atoms with Gasteiger partial charge in [0.05, 0.1) is 6.61 Å². The van der Waals surface area contributed by atoms with Crippen LogP contribution in [0.2, 0.25) is 0 Å². The minimum absolute atomic E-state index is 0.121. The van der Waals surface area contributed by atoms with Crippen LogP contribution in [-0.2, 0) is 13.6 Å². The van der Waals surface area contributed by atoms with Crippen LogP contribution in [-0.4, -0.2) is 13.7 Å². The van der Waals surface area contributed by atoms with E-state index in [9.17, 15) is 8.76 Å². The fourth-order valence-corrected chi connectivity index (χ4v) is 2.60. The smallest absolute Gasteiger partial charge is 0.287 e. The van der Waals surface area contributed by atoms with Gasteiger partial charge in [-0.1, -0.05) is 68.4 Å². The van der Waals surface area contributed by atoms with Gasteiger partial charge in [0.2, 0.25) is 0 Å². The summed E-state index contributed by atoms with van der Waals surface area (Å²) in [5.74, 6) is 0. The number of hydrogen-bond donors (Lipinski definition) is 0. The summed E-state index contributed by atoms with van der Waals surface area (Å²) in [4.78, 5) is 0. The van der Waals surface area contributed by atoms with Gasteiger partial charge in [0.1, 0.15) is 0 Å². The van der Waals surface area contributed by atoms with Crippen molar-refractivity contribution < 1.29 is 17.8 Å². The van der Waals surface area contributed by atoms with Crippen molar-refractivity contribution in [3.63, 3.8) is 0 Å². The second-order valence-electron chi connectivity index (χ2n) is 6.03. The third-order valence-electron chi connectivity index (χ3n) is 3.69. The van der Waals surface area contributed by atoms with Gasteiger partial charge < -0.3 is 0 Å². The molecular formula is C21H36FO3P. The molecule has 0 aliphatic carbocycles. The molecular weight excluding hydrogens is 350 g/mol. The van der Waals surface area contributed by atoms with Gasteiger partial charge in [0.15, 0.2) is 0 Å². The summed E-state index contributed by atoms with van der Waals surface area (Å²) < 4.78 is 32.3. The first-order valence-corrected chi connectivity index (χ1v) is 11.2. The molecule has 0 saturated carbocycles. The SMILES string of the molecule is CCCCC/C=C/C/C=C/C/C=C/C/C=C/CCCCOP(=O)(F)OC. The van der Waals surface area contributed by atoms with Crippen LogP contribution in [0, 0.1) is 0 Å². The largest absolute Gasteiger partial charge is 0.512 e. The van der Waals surface area contributed by atoms with Crippen molar-refractivity contribution in [2.24, 2.45) is 0 Å². The van der Waals surface area contributed by atoms with Crippen molar-refractivity contribution in [1.82, 2.24) is 0 Å². The highest BCUT2D eigenvalue weighted by Gasteiger charge is 2.20. The highest BCUT2D eigenvalue weighted by Crippen LogP contribution is 2.48. The molecule has 1 unspecified atom stereocenters. The van der Waals surface area contributed by atoms with Crippen LogP contribution in [0.4, 0.5) is 4.20 Å². The zero-order valence-corrected chi connectivity index (χ0v) is 17.3. The van der Waals surface area contributed by atoms with E-state index in [1.807, 2.05) is 0 Å². The van der Waals surface area contributed by atoms with Crippen molar-refractivity contribution in [2.75, 3.05) is 13.7 Å². The number of unbranched alkanes of at least 4 members (excludes halogenated alkanes) is 5. The Bertz CT molecular complexity index is 470. The number of rotatable bonds is 17. The average molecular weight is 386 g/mol. The van der Waals surface area contributed by atoms with Crippen LogP contribution in [0.3, 0.4) is 0 Å². The zero-order chi connectivity index (χ0) is 19.3. The highest BCUT2D eigenvalue weighted by molar-refractivity contribution is 7.48. The first-order valence-electron chi connectivity index (χ1n) is 9.72. The monoisotopic (exact) mass is 386 g/mol. The Hall–Kier alpha value is -0.960. The summed E-state index contributed by atoms with van der Waals surface area (Å²) in [7, 11) is -3.26. The fourth-order valence-electron chi connectivity index (χ4n) is 2.15. The molecule has 0 aromatic heterocycles. The zero-order valence-electron chi connectivity index (χ0n) is 16.4. The Balaban J connectivity index is 3.45. The first kappa shape index (κ1) is 25.0. The Kier molecular flexibility index (Phi) is 18.1. The molecule has 0 amide bonds. The predicted octanol–water partition coefficient (Wildman–Crippen LogP) is 7.87. The van der Waals surface area contributed by atoms with Crippen LogP contribution in [0.5, 0.6) is 0 Å². The minimum atomic E-state index is -4.30. The molecule has 0 saturated heterocycles. The summed E-state index contributed by atoms with van der Waals surface area (Å²) in [5, 5.41) is 0. The maximum Gasteiger partial charge on any atom is 0.512 e. The molecule has 0 bridgehead atoms. The van der Waals surface area contributed by atoms with Gasteiger partial charge in [-0.15, -0.1) is 4.20 Å². The van der Waals surface area contributed by atoms with Crippen LogP contribution < -0.4 is 0 Å². The molecule has 0 fully saturated rings. The van der Waals surface area contributed by atoms with Crippen molar-refractivity contribution in [1.29, 1.82) is 0 Å². The van der Waals surface area contributed by atoms with Gasteiger partial charge in [-0.3, -0.25) is 9.05 Å². The van der Waals surface area contributed by atoms with Gasteiger partial charge in [-0.25, -0.2) is 4.57 Å². The van der Waals surface area contributed by atoms with Gasteiger partial charge in [0.25, 0.3) is 0 Å². The Morgan fingerprint density at radius 3 is 1.69 bits per heavy atom. The van der Waals surface area contributed by atoms with Crippen molar-refractivity contribution in [2.45, 2.75) is 71.1 Å². The van der Waals surface area contributed by atoms with Crippen LogP contribution in [0.25, 0.3) is 0 Å². The van der Waals surface area contributed by atoms with E-state index in [4.69, 9.17) is 0 Å². The van der Waals surface area contributed by atoms with Crippen LogP contribution in [0.1, 0.15) is 71.1 Å². The standard InChI is InChI=1S/C21H36FO3P/c1-3-4-5-6-7-8-9-10-11-12-13-14-15-16-17-18-19-20-21-25-26(22,23)24-2/h7-8,10-11,13-14,16-17H,3-6,9,12,15,18-21H2,1-2H3/b8-7+,11-10+,14-13+,17-16+. The topological polar surface area (TPSA) is 35.5 Å². The summed E-state index contributed by atoms with van der Waals surface area (Å²) in [5.41, 5.74) is 0. The molecule has 26 heavy (non-hydrogen) atoms. The molecule has 0 aromatic rings. The van der Waals surface area contributed by atoms with Gasteiger partial charge in [-0.05, 0) is 51.4 Å². The molecule has 0 N–H and O–H groups in total. The molecule has 0 radical (unpaired) electrons. The predicted molar refractivity (Wildman–Crippen MR) is 110 cm³/mol. The molecule has 0 aromatic carbocycles. The summed E-state index contributed by atoms with van der Waals surface area (Å²) >= 11 is 0. The van der Waals surface area contributed by atoms with Crippen molar-refractivity contribution in [3.05, 3.63) is 48.6 Å². The second-order valence-corrected chi connectivity index (χ2v) is 7.52. The van der Waals surface area contributed by atoms with Crippen LogP contribution in [0.15, 0.2) is 48.6 Å². The van der Waals surface area contributed by atoms with E-state index in [1.54, 1.807) is 0 Å². The van der Waals surface area contributed by atoms with E-state index in [0.29, 0.717) is 6.42 Å². The lowest BCUT2D eigenvalue weighted by Gasteiger charge is -2.05. The number of halogens is 1. The lowest BCUT2D eigenvalue weighted by Crippen LogP contribution is -1.91. The Labute approximate surface area is 159 Å². The number of hydrogen-bond acceptors (Lipinski definition) is 3. The third-order valence-corrected chi connectivity index (χ3v) is 4.61. The number of allylic oxidation sites excluding steroid dienone is 8. The molecule has 0 aliphatic rings. The van der Waals surface area contributed by atoms with Crippen molar-refractivity contribution >= 4 is 7.91 Å². The van der Waals surface area contributed by atoms with Gasteiger partial charge >= 0.3 is 7.91 Å². The van der Waals surface area contributed by atoms with Crippen LogP contribution >= 0.6 is 7.91 Å². The van der Waals surface area contributed by atoms with E-state index in [-0.39, 0.29) is 6.61 Å². The maximum absolute atomic E-state index is 12.8. The van der Waals surface area contributed by atoms with E-state index in [1.165, 1.54) is 25.7 Å². The Morgan fingerprint density at radius 2 is 1.23 bits per heavy atom. The second kappa shape index (κ2) is 18.8. The molecule has 1 atom stereocenters. The fraction of sp³-hybridized carbons (Fsp3) is 0.619.